The number of rotatable bonds is 4. The van der Waals surface area contributed by atoms with Crippen molar-refractivity contribution >= 4 is 33.4 Å². The maximum absolute atomic E-state index is 13.3. The molecule has 2 saturated heterocycles. The van der Waals surface area contributed by atoms with Crippen molar-refractivity contribution in [3.05, 3.63) is 59.1 Å². The Kier molecular flexibility index (Phi) is 6.05. The Morgan fingerprint density at radius 1 is 1.00 bits per heavy atom. The van der Waals surface area contributed by atoms with E-state index >= 15 is 0 Å². The molecular formula is C26H31N3O2S. The van der Waals surface area contributed by atoms with Crippen molar-refractivity contribution in [3.8, 4) is 0 Å². The monoisotopic (exact) mass is 449 g/mol. The molecule has 6 heteroatoms. The van der Waals surface area contributed by atoms with Crippen LogP contribution < -0.4 is 0 Å². The summed E-state index contributed by atoms with van der Waals surface area (Å²) >= 11 is 1.66. The molecule has 2 aliphatic rings. The quantitative estimate of drug-likeness (QED) is 0.586. The molecular weight excluding hydrogens is 418 g/mol. The van der Waals surface area contributed by atoms with Crippen LogP contribution in [0.5, 0.6) is 0 Å². The van der Waals surface area contributed by atoms with E-state index in [0.29, 0.717) is 12.5 Å². The maximum atomic E-state index is 13.3. The van der Waals surface area contributed by atoms with Gasteiger partial charge in [0.25, 0.3) is 5.91 Å². The van der Waals surface area contributed by atoms with Gasteiger partial charge in [0.15, 0.2) is 0 Å². The van der Waals surface area contributed by atoms with Crippen LogP contribution in [0, 0.1) is 11.8 Å². The maximum Gasteiger partial charge on any atom is 0.270 e. The standard InChI is InChI=1S/C26H31N3O2S/c1-27-22-11-15-32-24(22)17-23(27)26(31)29-12-5-8-21(18-29)25(30)28-13-9-20(10-14-28)16-19-6-3-2-4-7-19/h2-4,6-7,11,15,17,20-21H,5,8-10,12-14,16,18H2,1H3. The number of amides is 2. The lowest BCUT2D eigenvalue weighted by atomic mass is 9.89. The number of fused-ring (bicyclic) bond motifs is 1. The normalized spacial score (nSPS) is 20.1. The van der Waals surface area contributed by atoms with Crippen LogP contribution in [0.4, 0.5) is 0 Å². The van der Waals surface area contributed by atoms with Crippen LogP contribution in [0.2, 0.25) is 0 Å². The van der Waals surface area contributed by atoms with Gasteiger partial charge in [-0.1, -0.05) is 30.3 Å². The van der Waals surface area contributed by atoms with E-state index in [1.54, 1.807) is 11.3 Å². The minimum Gasteiger partial charge on any atom is -0.342 e. The summed E-state index contributed by atoms with van der Waals surface area (Å²) in [5.74, 6) is 0.875. The number of carbonyl (C=O) groups excluding carboxylic acids is 2. The Bertz CT molecular complexity index is 1090. The summed E-state index contributed by atoms with van der Waals surface area (Å²) in [4.78, 5) is 30.5. The third-order valence-electron chi connectivity index (χ3n) is 7.23. The fraction of sp³-hybridized carbons (Fsp3) is 0.462. The molecule has 1 unspecified atom stereocenters. The summed E-state index contributed by atoms with van der Waals surface area (Å²) in [5.41, 5.74) is 3.21. The largest absolute Gasteiger partial charge is 0.342 e. The Balaban J connectivity index is 1.18. The highest BCUT2D eigenvalue weighted by Crippen LogP contribution is 2.28. The molecule has 32 heavy (non-hydrogen) atoms. The van der Waals surface area contributed by atoms with E-state index in [0.717, 1.165) is 67.6 Å². The number of aryl methyl sites for hydroxylation is 1. The zero-order valence-electron chi connectivity index (χ0n) is 18.7. The number of nitrogens with zero attached hydrogens (tertiary/aromatic N) is 3. The predicted octanol–water partition coefficient (Wildman–Crippen LogP) is 4.57. The van der Waals surface area contributed by atoms with Gasteiger partial charge in [0.05, 0.1) is 16.1 Å². The number of hydrogen-bond donors (Lipinski definition) is 0. The Labute approximate surface area is 193 Å². The molecule has 0 spiro atoms. The zero-order valence-corrected chi connectivity index (χ0v) is 19.5. The highest BCUT2D eigenvalue weighted by atomic mass is 32.1. The van der Waals surface area contributed by atoms with E-state index in [9.17, 15) is 9.59 Å². The molecule has 5 rings (SSSR count). The fourth-order valence-corrected chi connectivity index (χ4v) is 6.19. The first-order valence-corrected chi connectivity index (χ1v) is 12.6. The number of benzene rings is 1. The van der Waals surface area contributed by atoms with Crippen LogP contribution in [0.15, 0.2) is 47.8 Å². The predicted molar refractivity (Wildman–Crippen MR) is 129 cm³/mol. The smallest absolute Gasteiger partial charge is 0.270 e. The molecule has 1 atom stereocenters. The second kappa shape index (κ2) is 9.10. The number of likely N-dealkylation sites (tertiary alicyclic amines) is 2. The SMILES string of the molecule is Cn1c(C(=O)N2CCCC(C(=O)N3CCC(Cc4ccccc4)CC3)C2)cc2sccc21. The third kappa shape index (κ3) is 4.20. The fourth-order valence-electron chi connectivity index (χ4n) is 5.34. The van der Waals surface area contributed by atoms with E-state index < -0.39 is 0 Å². The van der Waals surface area contributed by atoms with Gasteiger partial charge < -0.3 is 14.4 Å². The molecule has 0 aliphatic carbocycles. The molecule has 4 heterocycles. The van der Waals surface area contributed by atoms with Gasteiger partial charge in [0.2, 0.25) is 5.91 Å². The van der Waals surface area contributed by atoms with Gasteiger partial charge >= 0.3 is 0 Å². The highest BCUT2D eigenvalue weighted by Gasteiger charge is 2.34. The summed E-state index contributed by atoms with van der Waals surface area (Å²) < 4.78 is 3.12. The van der Waals surface area contributed by atoms with Crippen LogP contribution >= 0.6 is 11.3 Å². The summed E-state index contributed by atoms with van der Waals surface area (Å²) in [6.45, 7) is 2.96. The second-order valence-electron chi connectivity index (χ2n) is 9.31. The van der Waals surface area contributed by atoms with Crippen LogP contribution in [0.3, 0.4) is 0 Å². The lowest BCUT2D eigenvalue weighted by Crippen LogP contribution is -2.48. The Hall–Kier alpha value is -2.60. The van der Waals surface area contributed by atoms with Crippen molar-refractivity contribution in [2.75, 3.05) is 26.2 Å². The molecule has 0 N–H and O–H groups in total. The molecule has 1 aromatic carbocycles. The second-order valence-corrected chi connectivity index (χ2v) is 10.3. The van der Waals surface area contributed by atoms with E-state index in [4.69, 9.17) is 0 Å². The molecule has 2 fully saturated rings. The highest BCUT2D eigenvalue weighted by molar-refractivity contribution is 7.17. The zero-order chi connectivity index (χ0) is 22.1. The van der Waals surface area contributed by atoms with E-state index in [-0.39, 0.29) is 17.7 Å². The number of aromatic nitrogens is 1. The van der Waals surface area contributed by atoms with Gasteiger partial charge in [0, 0.05) is 33.2 Å². The minimum absolute atomic E-state index is 0.0509. The van der Waals surface area contributed by atoms with Crippen LogP contribution in [0.1, 0.15) is 41.7 Å². The average Bonchev–Trinajstić information content (AvgIpc) is 3.42. The molecule has 3 aromatic rings. The lowest BCUT2D eigenvalue weighted by molar-refractivity contribution is -0.138. The van der Waals surface area contributed by atoms with Gasteiger partial charge in [0.1, 0.15) is 5.69 Å². The van der Waals surface area contributed by atoms with Crippen molar-refractivity contribution in [3.63, 3.8) is 0 Å². The van der Waals surface area contributed by atoms with Gasteiger partial charge in [-0.2, -0.15) is 0 Å². The van der Waals surface area contributed by atoms with Crippen LogP contribution in [0.25, 0.3) is 10.2 Å². The summed E-state index contributed by atoms with van der Waals surface area (Å²) in [7, 11) is 1.95. The summed E-state index contributed by atoms with van der Waals surface area (Å²) in [5, 5.41) is 2.05. The molecule has 2 aromatic heterocycles. The number of piperidine rings is 2. The van der Waals surface area contributed by atoms with E-state index in [1.165, 1.54) is 5.56 Å². The molecule has 5 nitrogen and oxygen atoms in total. The van der Waals surface area contributed by atoms with Crippen molar-refractivity contribution < 1.29 is 9.59 Å². The van der Waals surface area contributed by atoms with Crippen LogP contribution in [-0.2, 0) is 18.3 Å². The topological polar surface area (TPSA) is 45.6 Å². The third-order valence-corrected chi connectivity index (χ3v) is 8.09. The first-order valence-electron chi connectivity index (χ1n) is 11.7. The van der Waals surface area contributed by atoms with E-state index in [2.05, 4.69) is 46.7 Å². The van der Waals surface area contributed by atoms with Crippen LogP contribution in [-0.4, -0.2) is 52.4 Å². The van der Waals surface area contributed by atoms with Crippen molar-refractivity contribution in [2.45, 2.75) is 32.1 Å². The molecule has 0 bridgehead atoms. The van der Waals surface area contributed by atoms with E-state index in [1.807, 2.05) is 22.6 Å². The summed E-state index contributed by atoms with van der Waals surface area (Å²) in [6.07, 6.45) is 5.01. The van der Waals surface area contributed by atoms with Crippen molar-refractivity contribution in [2.24, 2.45) is 18.9 Å². The molecule has 168 valence electrons. The van der Waals surface area contributed by atoms with Crippen molar-refractivity contribution in [1.29, 1.82) is 0 Å². The molecule has 0 saturated carbocycles. The number of hydrogen-bond acceptors (Lipinski definition) is 3. The Morgan fingerprint density at radius 2 is 1.78 bits per heavy atom. The Morgan fingerprint density at radius 3 is 2.53 bits per heavy atom. The lowest BCUT2D eigenvalue weighted by Gasteiger charge is -2.38. The van der Waals surface area contributed by atoms with Crippen molar-refractivity contribution in [1.82, 2.24) is 14.4 Å². The van der Waals surface area contributed by atoms with Gasteiger partial charge in [-0.3, -0.25) is 9.59 Å². The first kappa shape index (κ1) is 21.3. The number of carbonyl (C=O) groups is 2. The van der Waals surface area contributed by atoms with Gasteiger partial charge in [-0.15, -0.1) is 11.3 Å². The molecule has 2 aliphatic heterocycles. The molecule has 0 radical (unpaired) electrons. The van der Waals surface area contributed by atoms with Gasteiger partial charge in [-0.05, 0) is 61.1 Å². The average molecular weight is 450 g/mol. The first-order chi connectivity index (χ1) is 15.6. The minimum atomic E-state index is -0.0697. The summed E-state index contributed by atoms with van der Waals surface area (Å²) in [6, 6.07) is 14.7. The molecule has 2 amide bonds. The van der Waals surface area contributed by atoms with Gasteiger partial charge in [-0.25, -0.2) is 0 Å². The number of thiophene rings is 1.